The first-order valence-corrected chi connectivity index (χ1v) is 19.3. The van der Waals surface area contributed by atoms with Gasteiger partial charge in [0.05, 0.1) is 68.9 Å². The Morgan fingerprint density at radius 1 is 0.293 bits per heavy atom. The highest BCUT2D eigenvalue weighted by molar-refractivity contribution is 6.38. The van der Waals surface area contributed by atoms with Gasteiger partial charge in [-0.1, -0.05) is 115 Å². The van der Waals surface area contributed by atoms with Crippen molar-refractivity contribution in [3.63, 3.8) is 0 Å². The van der Waals surface area contributed by atoms with Gasteiger partial charge >= 0.3 is 0 Å². The largest absolute Gasteiger partial charge is 0.309 e. The number of rotatable bonds is 2. The van der Waals surface area contributed by atoms with Crippen molar-refractivity contribution in [2.24, 2.45) is 0 Å². The van der Waals surface area contributed by atoms with E-state index in [0.717, 1.165) is 120 Å². The van der Waals surface area contributed by atoms with E-state index in [0.29, 0.717) is 0 Å². The van der Waals surface area contributed by atoms with E-state index < -0.39 is 36.3 Å². The zero-order chi connectivity index (χ0) is 46.1. The van der Waals surface area contributed by atoms with Crippen molar-refractivity contribution in [3.05, 3.63) is 182 Å². The van der Waals surface area contributed by atoms with Crippen LogP contribution >= 0.6 is 0 Å². The fraction of sp³-hybridized carbons (Fsp3) is 0. The molecule has 9 aromatic carbocycles. The van der Waals surface area contributed by atoms with Gasteiger partial charge in [0.15, 0.2) is 0 Å². The number of hydrogen-bond acceptors (Lipinski definition) is 0. The van der Waals surface area contributed by atoms with E-state index in [9.17, 15) is 0 Å². The van der Waals surface area contributed by atoms with Crippen molar-refractivity contribution in [1.29, 1.82) is 0 Å². The fourth-order valence-corrected chi connectivity index (χ4v) is 10.7. The van der Waals surface area contributed by atoms with Crippen molar-refractivity contribution >= 4 is 120 Å². The molecule has 0 saturated carbocycles. The second kappa shape index (κ2) is 10.1. The quantitative estimate of drug-likeness (QED) is 0.168. The first kappa shape index (κ1) is 22.1. The van der Waals surface area contributed by atoms with E-state index in [2.05, 4.69) is 69.5 Å². The molecule has 0 amide bonds. The van der Waals surface area contributed by atoms with Crippen LogP contribution in [0.15, 0.2) is 182 Å². The summed E-state index contributed by atoms with van der Waals surface area (Å²) in [6.45, 7) is 0. The number of hydrogen-bond donors (Lipinski definition) is 0. The molecule has 0 radical (unpaired) electrons. The second-order valence-corrected chi connectivity index (χ2v) is 15.3. The van der Waals surface area contributed by atoms with E-state index >= 15 is 0 Å². The molecule has 6 heterocycles. The Kier molecular flexibility index (Phi) is 3.85. The first-order chi connectivity index (χ1) is 33.0. The number of nitrogens with zero attached hydrogens (tertiary/aromatic N) is 4. The number of fused-ring (bicyclic) bond motifs is 20. The van der Waals surface area contributed by atoms with Gasteiger partial charge < -0.3 is 17.9 Å². The van der Waals surface area contributed by atoms with Crippen LogP contribution in [0, 0.1) is 0 Å². The van der Waals surface area contributed by atoms with Crippen molar-refractivity contribution in [3.8, 4) is 11.4 Å². The van der Waals surface area contributed by atoms with Gasteiger partial charge in [-0.25, -0.2) is 0 Å². The molecule has 0 unspecified atom stereocenters. The number of aromatic nitrogens is 4. The van der Waals surface area contributed by atoms with Crippen molar-refractivity contribution in [2.45, 2.75) is 0 Å². The molecular weight excluding hydrogens is 705 g/mol. The maximum absolute atomic E-state index is 9.14. The van der Waals surface area contributed by atoms with Crippen LogP contribution in [-0.2, 0) is 0 Å². The molecule has 4 nitrogen and oxygen atoms in total. The van der Waals surface area contributed by atoms with Crippen molar-refractivity contribution in [2.75, 3.05) is 0 Å². The second-order valence-electron chi connectivity index (χ2n) is 15.3. The highest BCUT2D eigenvalue weighted by Crippen LogP contribution is 2.50. The molecule has 0 aliphatic rings. The van der Waals surface area contributed by atoms with E-state index in [1.54, 1.807) is 0 Å². The maximum atomic E-state index is 9.14. The molecule has 266 valence electrons. The van der Waals surface area contributed by atoms with E-state index in [4.69, 9.17) is 13.7 Å². The van der Waals surface area contributed by atoms with E-state index in [-0.39, 0.29) is 35.5 Å². The predicted molar refractivity (Wildman–Crippen MR) is 244 cm³/mol. The third kappa shape index (κ3) is 3.30. The fourth-order valence-electron chi connectivity index (χ4n) is 10.7. The number of benzene rings is 9. The normalized spacial score (nSPS) is 15.2. The first-order valence-electron chi connectivity index (χ1n) is 24.3. The summed E-state index contributed by atoms with van der Waals surface area (Å²) >= 11 is 0. The summed E-state index contributed by atoms with van der Waals surface area (Å²) in [6.07, 6.45) is 0. The summed E-state index contributed by atoms with van der Waals surface area (Å²) in [5.74, 6) is 0. The van der Waals surface area contributed by atoms with Crippen LogP contribution in [-0.4, -0.2) is 17.9 Å². The average molecular weight is 745 g/mol. The Morgan fingerprint density at radius 2 is 0.879 bits per heavy atom. The SMILES string of the molecule is [2H]c1c([2H])c([2H])c(-n2c3ccccc3c3c4c5cc6c7cccc8c9c%10c(ccc9n(c6cc5n5c6ccccc6c(cc32)c45)c78)c2ccccc2n%10-c2c([2H])c([2H])c([2H])c([2H])c2[2H])c([2H])c1[2H]. The molecule has 15 aromatic rings. The van der Waals surface area contributed by atoms with Gasteiger partial charge in [0.25, 0.3) is 0 Å². The Morgan fingerprint density at radius 3 is 1.66 bits per heavy atom. The molecule has 15 rings (SSSR count). The Hall–Kier alpha value is -7.82. The highest BCUT2D eigenvalue weighted by Gasteiger charge is 2.27. The minimum absolute atomic E-state index is 0.0993. The zero-order valence-corrected chi connectivity index (χ0v) is 30.3. The summed E-state index contributed by atoms with van der Waals surface area (Å²) in [4.78, 5) is 0. The Labute approximate surface area is 343 Å². The molecule has 0 N–H and O–H groups in total. The predicted octanol–water partition coefficient (Wildman–Crippen LogP) is 14.2. The summed E-state index contributed by atoms with van der Waals surface area (Å²) in [5, 5.41) is 11.6. The van der Waals surface area contributed by atoms with Crippen molar-refractivity contribution in [1.82, 2.24) is 17.9 Å². The van der Waals surface area contributed by atoms with E-state index in [1.807, 2.05) is 69.8 Å². The van der Waals surface area contributed by atoms with Crippen LogP contribution in [0.3, 0.4) is 0 Å². The summed E-state index contributed by atoms with van der Waals surface area (Å²) in [7, 11) is 0. The molecule has 58 heavy (non-hydrogen) atoms. The standard InChI is InChI=1S/C54H30N4/c1-3-14-31(15-4-1)55-44-25-12-9-20-37(44)49-48(55)29-40-34-19-8-11-24-43(34)57-47-30-46-39(28-41(47)51(49)54(40)57)35-21-13-22-38-50-45(58(46)52(35)38)27-26-36-33-18-7-10-23-42(33)56(53(36)50)32-16-5-2-6-17-32/h1-30H/i1D,2D,3D,4D,5D,6D,14D,15D,16D,17D. The number of para-hydroxylation sites is 6. The molecule has 0 atom stereocenters. The summed E-state index contributed by atoms with van der Waals surface area (Å²) < 4.78 is 96.3. The Bertz CT molecular complexity index is 4810. The third-order valence-electron chi connectivity index (χ3n) is 12.8. The smallest absolute Gasteiger partial charge is 0.0645 e. The lowest BCUT2D eigenvalue weighted by Crippen LogP contribution is -1.93. The van der Waals surface area contributed by atoms with Gasteiger partial charge in [-0.15, -0.1) is 0 Å². The highest BCUT2D eigenvalue weighted by atomic mass is 15.0. The molecule has 0 aliphatic carbocycles. The molecule has 6 aromatic heterocycles. The van der Waals surface area contributed by atoms with Gasteiger partial charge in [-0.3, -0.25) is 0 Å². The van der Waals surface area contributed by atoms with Gasteiger partial charge in [0.1, 0.15) is 0 Å². The van der Waals surface area contributed by atoms with Crippen molar-refractivity contribution < 1.29 is 13.7 Å². The van der Waals surface area contributed by atoms with Gasteiger partial charge in [-0.2, -0.15) is 0 Å². The molecule has 0 aliphatic heterocycles. The summed E-state index contributed by atoms with van der Waals surface area (Å²) in [6, 6.07) is 37.7. The van der Waals surface area contributed by atoms with Crippen LogP contribution < -0.4 is 0 Å². The lowest BCUT2D eigenvalue weighted by molar-refractivity contribution is 1.18. The molecule has 0 spiro atoms. The average Bonchev–Trinajstić information content (AvgIpc) is 4.19. The van der Waals surface area contributed by atoms with Crippen LogP contribution in [0.4, 0.5) is 0 Å². The Balaban J connectivity index is 1.14. The minimum Gasteiger partial charge on any atom is -0.309 e. The van der Waals surface area contributed by atoms with Crippen LogP contribution in [0.5, 0.6) is 0 Å². The van der Waals surface area contributed by atoms with Gasteiger partial charge in [0.2, 0.25) is 0 Å². The minimum atomic E-state index is -0.440. The maximum Gasteiger partial charge on any atom is 0.0645 e. The van der Waals surface area contributed by atoms with Crippen LogP contribution in [0.1, 0.15) is 13.7 Å². The van der Waals surface area contributed by atoms with E-state index in [1.165, 1.54) is 0 Å². The molecule has 0 saturated heterocycles. The van der Waals surface area contributed by atoms with Crippen LogP contribution in [0.2, 0.25) is 0 Å². The zero-order valence-electron chi connectivity index (χ0n) is 40.3. The van der Waals surface area contributed by atoms with Crippen LogP contribution in [0.25, 0.3) is 131 Å². The third-order valence-corrected chi connectivity index (χ3v) is 12.8. The molecule has 4 heteroatoms. The lowest BCUT2D eigenvalue weighted by atomic mass is 10.0. The molecular formula is C54H30N4. The molecule has 0 bridgehead atoms. The van der Waals surface area contributed by atoms with Gasteiger partial charge in [0, 0.05) is 76.0 Å². The lowest BCUT2D eigenvalue weighted by Gasteiger charge is -2.09. The van der Waals surface area contributed by atoms with Gasteiger partial charge in [-0.05, 0) is 66.6 Å². The summed E-state index contributed by atoms with van der Waals surface area (Å²) in [5.41, 5.74) is 9.08. The monoisotopic (exact) mass is 744 g/mol. The molecule has 0 fully saturated rings. The topological polar surface area (TPSA) is 18.7 Å².